The van der Waals surface area contributed by atoms with Crippen molar-refractivity contribution in [1.29, 1.82) is 0 Å². The van der Waals surface area contributed by atoms with E-state index in [1.54, 1.807) is 12.1 Å². The Morgan fingerprint density at radius 3 is 2.29 bits per heavy atom. The molecule has 0 atom stereocenters. The maximum Gasteiger partial charge on any atom is 0.573 e. The number of aromatic nitrogens is 1. The lowest BCUT2D eigenvalue weighted by molar-refractivity contribution is -0.274. The first-order valence-electron chi connectivity index (χ1n) is 16.8. The van der Waals surface area contributed by atoms with Gasteiger partial charge in [0.2, 0.25) is 0 Å². The van der Waals surface area contributed by atoms with E-state index >= 15 is 0 Å². The molecule has 2 saturated heterocycles. The molecule has 1 aromatic heterocycles. The number of rotatable bonds is 12. The number of alkyl halides is 3. The summed E-state index contributed by atoms with van der Waals surface area (Å²) in [6.45, 7) is 7.67. The van der Waals surface area contributed by atoms with Crippen LogP contribution in [0.25, 0.3) is 22.0 Å². The molecule has 2 aliphatic heterocycles. The molecule has 0 radical (unpaired) electrons. The van der Waals surface area contributed by atoms with Crippen LogP contribution in [0.5, 0.6) is 5.75 Å². The third-order valence-electron chi connectivity index (χ3n) is 9.67. The van der Waals surface area contributed by atoms with Gasteiger partial charge in [-0.1, -0.05) is 48.0 Å². The number of Topliss-reactive ketones (excluding diaryl/α,β-unsaturated/α-hetero) is 1. The number of fused-ring (bicyclic) bond motifs is 1. The van der Waals surface area contributed by atoms with Crippen LogP contribution in [0.2, 0.25) is 5.02 Å². The van der Waals surface area contributed by atoms with E-state index in [1.807, 2.05) is 18.2 Å². The van der Waals surface area contributed by atoms with Gasteiger partial charge in [0.15, 0.2) is 5.78 Å². The van der Waals surface area contributed by atoms with E-state index in [-0.39, 0.29) is 11.5 Å². The Morgan fingerprint density at radius 1 is 0.917 bits per heavy atom. The quantitative estimate of drug-likeness (QED) is 0.157. The van der Waals surface area contributed by atoms with Crippen molar-refractivity contribution in [3.8, 4) is 16.9 Å². The summed E-state index contributed by atoms with van der Waals surface area (Å²) in [7, 11) is 0. The molecule has 3 aromatic carbocycles. The predicted octanol–water partition coefficient (Wildman–Crippen LogP) is 7.00. The molecule has 4 aromatic rings. The average molecular weight is 682 g/mol. The van der Waals surface area contributed by atoms with Gasteiger partial charge in [-0.3, -0.25) is 14.6 Å². The minimum absolute atomic E-state index is 0.137. The number of ketones is 1. The molecule has 48 heavy (non-hydrogen) atoms. The molecule has 0 saturated carbocycles. The molecule has 2 aliphatic rings. The second-order valence-corrected chi connectivity index (χ2v) is 13.5. The zero-order valence-electron chi connectivity index (χ0n) is 27.1. The number of halogens is 4. The summed E-state index contributed by atoms with van der Waals surface area (Å²) < 4.78 is 44.7. The number of nitrogens with zero attached hydrogens (tertiary/aromatic N) is 3. The number of unbranched alkanes of at least 4 members (excludes halogenated alkanes) is 1. The summed E-state index contributed by atoms with van der Waals surface area (Å²) in [5.74, 6) is -0.113. The summed E-state index contributed by atoms with van der Waals surface area (Å²) in [5, 5.41) is 5.11. The predicted molar refractivity (Wildman–Crippen MR) is 184 cm³/mol. The SMILES string of the molecule is NC1(C(=O)CCCCn2cc(-c3ccc(OC(F)(F)F)cc3)c3cc(CN4CCN(Cc5ccccc5Cl)CC4)ccc32)CCNCC1. The van der Waals surface area contributed by atoms with Crippen LogP contribution < -0.4 is 15.8 Å². The normalized spacial score (nSPS) is 17.5. The Kier molecular flexibility index (Phi) is 10.8. The fraction of sp³-hybridized carbons (Fsp3) is 0.432. The van der Waals surface area contributed by atoms with Crippen LogP contribution in [0, 0.1) is 0 Å². The molecule has 256 valence electrons. The Balaban J connectivity index is 1.15. The molecule has 2 fully saturated rings. The van der Waals surface area contributed by atoms with E-state index in [2.05, 4.69) is 54.9 Å². The van der Waals surface area contributed by atoms with Crippen LogP contribution in [-0.2, 0) is 24.4 Å². The number of carbonyl (C=O) groups is 1. The van der Waals surface area contributed by atoms with Crippen LogP contribution in [0.4, 0.5) is 13.2 Å². The van der Waals surface area contributed by atoms with Crippen LogP contribution in [0.1, 0.15) is 43.2 Å². The lowest BCUT2D eigenvalue weighted by Crippen LogP contribution is -2.54. The van der Waals surface area contributed by atoms with Crippen LogP contribution in [-0.4, -0.2) is 71.3 Å². The molecule has 11 heteroatoms. The zero-order chi connectivity index (χ0) is 33.7. The molecule has 6 rings (SSSR count). The van der Waals surface area contributed by atoms with Crippen molar-refractivity contribution in [2.24, 2.45) is 5.73 Å². The number of carbonyl (C=O) groups excluding carboxylic acids is 1. The van der Waals surface area contributed by atoms with Crippen molar-refractivity contribution in [3.63, 3.8) is 0 Å². The van der Waals surface area contributed by atoms with Gasteiger partial charge in [-0.25, -0.2) is 0 Å². The highest BCUT2D eigenvalue weighted by atomic mass is 35.5. The van der Waals surface area contributed by atoms with Crippen molar-refractivity contribution >= 4 is 28.3 Å². The van der Waals surface area contributed by atoms with Crippen LogP contribution >= 0.6 is 11.6 Å². The molecule has 0 aliphatic carbocycles. The summed E-state index contributed by atoms with van der Waals surface area (Å²) in [6.07, 6.45) is 0.673. The maximum atomic E-state index is 12.9. The van der Waals surface area contributed by atoms with Gasteiger partial charge in [0, 0.05) is 79.9 Å². The molecule has 0 spiro atoms. The third-order valence-corrected chi connectivity index (χ3v) is 10.0. The van der Waals surface area contributed by atoms with Crippen molar-refractivity contribution in [3.05, 3.63) is 89.1 Å². The number of hydrogen-bond donors (Lipinski definition) is 2. The number of nitrogens with one attached hydrogen (secondary N) is 1. The molecule has 0 bridgehead atoms. The molecular formula is C37H43ClF3N5O2. The number of nitrogens with two attached hydrogens (primary N) is 1. The number of hydrogen-bond acceptors (Lipinski definition) is 6. The maximum absolute atomic E-state index is 12.9. The second kappa shape index (κ2) is 15.0. The van der Waals surface area contributed by atoms with Gasteiger partial charge in [0.1, 0.15) is 5.75 Å². The zero-order valence-corrected chi connectivity index (χ0v) is 27.8. The van der Waals surface area contributed by atoms with Gasteiger partial charge in [0.25, 0.3) is 0 Å². The molecule has 3 heterocycles. The first kappa shape index (κ1) is 34.5. The van der Waals surface area contributed by atoms with E-state index in [9.17, 15) is 18.0 Å². The van der Waals surface area contributed by atoms with Gasteiger partial charge < -0.3 is 20.4 Å². The minimum Gasteiger partial charge on any atom is -0.406 e. The molecule has 0 unspecified atom stereocenters. The van der Waals surface area contributed by atoms with Gasteiger partial charge in [-0.05, 0) is 85.8 Å². The number of aryl methyl sites for hydroxylation is 1. The van der Waals surface area contributed by atoms with E-state index < -0.39 is 11.9 Å². The first-order valence-corrected chi connectivity index (χ1v) is 17.1. The Morgan fingerprint density at radius 2 is 1.60 bits per heavy atom. The van der Waals surface area contributed by atoms with Crippen molar-refractivity contribution < 1.29 is 22.7 Å². The topological polar surface area (TPSA) is 75.8 Å². The number of benzene rings is 3. The average Bonchev–Trinajstić information content (AvgIpc) is 3.42. The molecule has 0 amide bonds. The van der Waals surface area contributed by atoms with E-state index in [1.165, 1.54) is 17.7 Å². The van der Waals surface area contributed by atoms with Gasteiger partial charge in [0.05, 0.1) is 5.54 Å². The number of piperidine rings is 1. The minimum atomic E-state index is -4.74. The summed E-state index contributed by atoms with van der Waals surface area (Å²) >= 11 is 6.39. The molecular weight excluding hydrogens is 639 g/mol. The van der Waals surface area contributed by atoms with Gasteiger partial charge in [-0.2, -0.15) is 0 Å². The fourth-order valence-corrected chi connectivity index (χ4v) is 7.09. The van der Waals surface area contributed by atoms with E-state index in [0.717, 1.165) is 97.8 Å². The van der Waals surface area contributed by atoms with Gasteiger partial charge >= 0.3 is 6.36 Å². The Bertz CT molecular complexity index is 1690. The standard InChI is InChI=1S/C37H43ClF3N5O2/c38-33-6-2-1-5-29(33)25-45-21-19-44(20-22-45)24-27-8-13-34-31(23-27)32(28-9-11-30(12-10-28)48-37(39,40)41)26-46(34)18-4-3-7-35(47)36(42)14-16-43-17-15-36/h1-2,5-6,8-13,23,26,43H,3-4,7,14-22,24-25,42H2. The lowest BCUT2D eigenvalue weighted by Gasteiger charge is -2.35. The molecule has 3 N–H and O–H groups in total. The second-order valence-electron chi connectivity index (χ2n) is 13.1. The smallest absolute Gasteiger partial charge is 0.406 e. The fourth-order valence-electron chi connectivity index (χ4n) is 6.89. The lowest BCUT2D eigenvalue weighted by atomic mass is 9.83. The summed E-state index contributed by atoms with van der Waals surface area (Å²) in [6, 6.07) is 20.5. The van der Waals surface area contributed by atoms with Crippen molar-refractivity contribution in [2.45, 2.75) is 63.6 Å². The summed E-state index contributed by atoms with van der Waals surface area (Å²) in [4.78, 5) is 17.8. The number of ether oxygens (including phenoxy) is 1. The first-order chi connectivity index (χ1) is 23.1. The largest absolute Gasteiger partial charge is 0.573 e. The van der Waals surface area contributed by atoms with E-state index in [0.29, 0.717) is 25.8 Å². The van der Waals surface area contributed by atoms with Gasteiger partial charge in [-0.15, -0.1) is 13.2 Å². The van der Waals surface area contributed by atoms with E-state index in [4.69, 9.17) is 17.3 Å². The Hall–Kier alpha value is -3.41. The molecule has 7 nitrogen and oxygen atoms in total. The monoisotopic (exact) mass is 681 g/mol. The summed E-state index contributed by atoms with van der Waals surface area (Å²) in [5.41, 5.74) is 10.8. The number of piperazine rings is 1. The third kappa shape index (κ3) is 8.59. The highest BCUT2D eigenvalue weighted by Gasteiger charge is 2.34. The van der Waals surface area contributed by atoms with Crippen molar-refractivity contribution in [2.75, 3.05) is 39.3 Å². The highest BCUT2D eigenvalue weighted by Crippen LogP contribution is 2.34. The highest BCUT2D eigenvalue weighted by molar-refractivity contribution is 6.31. The van der Waals surface area contributed by atoms with Crippen molar-refractivity contribution in [1.82, 2.24) is 19.7 Å². The van der Waals surface area contributed by atoms with Crippen LogP contribution in [0.3, 0.4) is 0 Å². The Labute approximate surface area is 284 Å². The van der Waals surface area contributed by atoms with Crippen LogP contribution in [0.15, 0.2) is 72.9 Å².